The van der Waals surface area contributed by atoms with Gasteiger partial charge in [-0.1, -0.05) is 37.5 Å². The maximum absolute atomic E-state index is 4.51. The topological polar surface area (TPSA) is 62.7 Å². The molecule has 0 spiro atoms. The third kappa shape index (κ3) is 3.68. The van der Waals surface area contributed by atoms with Gasteiger partial charge in [-0.25, -0.2) is 0 Å². The molecule has 5 heteroatoms. The molecule has 2 N–H and O–H groups in total. The zero-order chi connectivity index (χ0) is 14.5. The number of aryl methyl sites for hydroxylation is 1. The highest BCUT2D eigenvalue weighted by atomic mass is 15.3. The second kappa shape index (κ2) is 6.52. The van der Waals surface area contributed by atoms with Crippen molar-refractivity contribution in [2.45, 2.75) is 45.1 Å². The fourth-order valence-corrected chi connectivity index (χ4v) is 2.71. The van der Waals surface area contributed by atoms with Crippen LogP contribution in [0.4, 0.5) is 17.5 Å². The zero-order valence-electron chi connectivity index (χ0n) is 12.3. The number of nitrogens with zero attached hydrogens (tertiary/aromatic N) is 3. The van der Waals surface area contributed by atoms with Gasteiger partial charge in [-0.15, -0.1) is 5.10 Å². The second-order valence-electron chi connectivity index (χ2n) is 5.58. The summed E-state index contributed by atoms with van der Waals surface area (Å²) >= 11 is 0. The van der Waals surface area contributed by atoms with Crippen LogP contribution in [0.15, 0.2) is 30.5 Å². The van der Waals surface area contributed by atoms with Gasteiger partial charge in [0.1, 0.15) is 0 Å². The lowest BCUT2D eigenvalue weighted by molar-refractivity contribution is 0.460. The molecule has 1 fully saturated rings. The van der Waals surface area contributed by atoms with E-state index in [-0.39, 0.29) is 0 Å². The first kappa shape index (κ1) is 13.8. The zero-order valence-corrected chi connectivity index (χ0v) is 12.3. The Labute approximate surface area is 125 Å². The SMILES string of the molecule is Cc1ccccc1Nc1cnnc(NC2CCCCC2)n1. The van der Waals surface area contributed by atoms with Crippen LogP contribution < -0.4 is 10.6 Å². The lowest BCUT2D eigenvalue weighted by Gasteiger charge is -2.22. The molecular weight excluding hydrogens is 262 g/mol. The van der Waals surface area contributed by atoms with E-state index in [0.29, 0.717) is 12.0 Å². The van der Waals surface area contributed by atoms with Gasteiger partial charge in [0.25, 0.3) is 0 Å². The summed E-state index contributed by atoms with van der Waals surface area (Å²) in [6.07, 6.45) is 7.95. The molecule has 0 saturated heterocycles. The van der Waals surface area contributed by atoms with Crippen LogP contribution in [-0.4, -0.2) is 21.2 Å². The van der Waals surface area contributed by atoms with Crippen molar-refractivity contribution in [2.24, 2.45) is 0 Å². The maximum Gasteiger partial charge on any atom is 0.244 e. The van der Waals surface area contributed by atoms with Crippen LogP contribution in [0.3, 0.4) is 0 Å². The largest absolute Gasteiger partial charge is 0.350 e. The Balaban J connectivity index is 1.69. The van der Waals surface area contributed by atoms with E-state index in [2.05, 4.69) is 38.8 Å². The van der Waals surface area contributed by atoms with Gasteiger partial charge in [-0.3, -0.25) is 0 Å². The average Bonchev–Trinajstić information content (AvgIpc) is 2.51. The van der Waals surface area contributed by atoms with Crippen molar-refractivity contribution in [2.75, 3.05) is 10.6 Å². The quantitative estimate of drug-likeness (QED) is 0.896. The molecule has 1 saturated carbocycles. The number of hydrogen-bond donors (Lipinski definition) is 2. The highest BCUT2D eigenvalue weighted by molar-refractivity contribution is 5.60. The lowest BCUT2D eigenvalue weighted by Crippen LogP contribution is -2.23. The summed E-state index contributed by atoms with van der Waals surface area (Å²) in [4.78, 5) is 4.51. The molecule has 0 radical (unpaired) electrons. The standard InChI is InChI=1S/C16H21N5/c1-12-7-5-6-10-14(12)19-15-11-17-21-16(20-15)18-13-8-3-2-4-9-13/h5-7,10-11,13H,2-4,8-9H2,1H3,(H2,18,19,20,21). The predicted molar refractivity (Wildman–Crippen MR) is 84.8 cm³/mol. The number of hydrogen-bond acceptors (Lipinski definition) is 5. The summed E-state index contributed by atoms with van der Waals surface area (Å²) in [6.45, 7) is 2.07. The Hall–Kier alpha value is -2.17. The van der Waals surface area contributed by atoms with E-state index in [9.17, 15) is 0 Å². The van der Waals surface area contributed by atoms with Gasteiger partial charge < -0.3 is 10.6 Å². The summed E-state index contributed by atoms with van der Waals surface area (Å²) in [5.41, 5.74) is 2.22. The predicted octanol–water partition coefficient (Wildman–Crippen LogP) is 3.67. The van der Waals surface area contributed by atoms with E-state index < -0.39 is 0 Å². The minimum Gasteiger partial charge on any atom is -0.350 e. The number of benzene rings is 1. The second-order valence-corrected chi connectivity index (χ2v) is 5.58. The van der Waals surface area contributed by atoms with E-state index in [0.717, 1.165) is 11.5 Å². The normalized spacial score (nSPS) is 15.7. The van der Waals surface area contributed by atoms with Crippen LogP contribution in [0.5, 0.6) is 0 Å². The fourth-order valence-electron chi connectivity index (χ4n) is 2.71. The highest BCUT2D eigenvalue weighted by Crippen LogP contribution is 2.21. The van der Waals surface area contributed by atoms with E-state index in [1.165, 1.54) is 37.7 Å². The molecule has 0 unspecified atom stereocenters. The maximum atomic E-state index is 4.51. The van der Waals surface area contributed by atoms with E-state index in [1.54, 1.807) is 6.20 Å². The van der Waals surface area contributed by atoms with Crippen molar-refractivity contribution in [1.82, 2.24) is 15.2 Å². The van der Waals surface area contributed by atoms with Crippen LogP contribution in [-0.2, 0) is 0 Å². The van der Waals surface area contributed by atoms with E-state index in [4.69, 9.17) is 0 Å². The first-order chi connectivity index (χ1) is 10.3. The smallest absolute Gasteiger partial charge is 0.244 e. The van der Waals surface area contributed by atoms with Gasteiger partial charge in [0.05, 0.1) is 6.20 Å². The third-order valence-corrected chi connectivity index (χ3v) is 3.91. The van der Waals surface area contributed by atoms with Crippen molar-refractivity contribution in [3.05, 3.63) is 36.0 Å². The van der Waals surface area contributed by atoms with E-state index in [1.807, 2.05) is 18.2 Å². The molecule has 3 rings (SSSR count). The molecule has 110 valence electrons. The van der Waals surface area contributed by atoms with Gasteiger partial charge in [0, 0.05) is 11.7 Å². The molecule has 1 aliphatic carbocycles. The van der Waals surface area contributed by atoms with Gasteiger partial charge >= 0.3 is 0 Å². The third-order valence-electron chi connectivity index (χ3n) is 3.91. The molecule has 1 aliphatic rings. The monoisotopic (exact) mass is 283 g/mol. The summed E-state index contributed by atoms with van der Waals surface area (Å²) < 4.78 is 0. The summed E-state index contributed by atoms with van der Waals surface area (Å²) in [7, 11) is 0. The number of aromatic nitrogens is 3. The Morgan fingerprint density at radius 1 is 1.10 bits per heavy atom. The number of rotatable bonds is 4. The van der Waals surface area contributed by atoms with Crippen LogP contribution in [0, 0.1) is 6.92 Å². The van der Waals surface area contributed by atoms with Crippen LogP contribution in [0.2, 0.25) is 0 Å². The van der Waals surface area contributed by atoms with Crippen LogP contribution >= 0.6 is 0 Å². The molecule has 0 amide bonds. The fraction of sp³-hybridized carbons (Fsp3) is 0.438. The first-order valence-corrected chi connectivity index (χ1v) is 7.60. The molecule has 0 bridgehead atoms. The molecule has 0 aliphatic heterocycles. The van der Waals surface area contributed by atoms with Crippen molar-refractivity contribution in [3.8, 4) is 0 Å². The summed E-state index contributed by atoms with van der Waals surface area (Å²) in [6, 6.07) is 8.61. The molecule has 1 aromatic heterocycles. The number of para-hydroxylation sites is 1. The van der Waals surface area contributed by atoms with E-state index >= 15 is 0 Å². The van der Waals surface area contributed by atoms with Gasteiger partial charge in [-0.05, 0) is 31.4 Å². The van der Waals surface area contributed by atoms with Crippen molar-refractivity contribution in [1.29, 1.82) is 0 Å². The van der Waals surface area contributed by atoms with Crippen LogP contribution in [0.25, 0.3) is 0 Å². The highest BCUT2D eigenvalue weighted by Gasteiger charge is 2.14. The van der Waals surface area contributed by atoms with Gasteiger partial charge in [0.15, 0.2) is 5.82 Å². The van der Waals surface area contributed by atoms with Crippen molar-refractivity contribution in [3.63, 3.8) is 0 Å². The minimum absolute atomic E-state index is 0.481. The van der Waals surface area contributed by atoms with Gasteiger partial charge in [0.2, 0.25) is 5.95 Å². The Bertz CT molecular complexity index is 593. The molecule has 21 heavy (non-hydrogen) atoms. The molecule has 1 heterocycles. The number of anilines is 3. The van der Waals surface area contributed by atoms with Gasteiger partial charge in [-0.2, -0.15) is 10.1 Å². The average molecular weight is 283 g/mol. The van der Waals surface area contributed by atoms with Crippen LogP contribution in [0.1, 0.15) is 37.7 Å². The molecule has 1 aromatic carbocycles. The van der Waals surface area contributed by atoms with Crippen molar-refractivity contribution >= 4 is 17.5 Å². The number of nitrogens with one attached hydrogen (secondary N) is 2. The molecule has 5 nitrogen and oxygen atoms in total. The summed E-state index contributed by atoms with van der Waals surface area (Å²) in [5.74, 6) is 1.33. The Morgan fingerprint density at radius 2 is 1.90 bits per heavy atom. The Kier molecular flexibility index (Phi) is 4.28. The first-order valence-electron chi connectivity index (χ1n) is 7.60. The molecule has 2 aromatic rings. The molecular formula is C16H21N5. The summed E-state index contributed by atoms with van der Waals surface area (Å²) in [5, 5.41) is 14.8. The molecule has 0 atom stereocenters. The lowest BCUT2D eigenvalue weighted by atomic mass is 9.96. The van der Waals surface area contributed by atoms with Crippen molar-refractivity contribution < 1.29 is 0 Å². The minimum atomic E-state index is 0.481. The Morgan fingerprint density at radius 3 is 2.71 bits per heavy atom.